The summed E-state index contributed by atoms with van der Waals surface area (Å²) in [6, 6.07) is 11.1. The first-order valence-electron chi connectivity index (χ1n) is 6.14. The van der Waals surface area contributed by atoms with Crippen molar-refractivity contribution in [2.24, 2.45) is 0 Å². The minimum atomic E-state index is -0.382. The lowest BCUT2D eigenvalue weighted by molar-refractivity contribution is 0.0600. The van der Waals surface area contributed by atoms with Crippen molar-refractivity contribution in [1.29, 1.82) is 0 Å². The highest BCUT2D eigenvalue weighted by Gasteiger charge is 2.05. The molecule has 0 amide bonds. The normalized spacial score (nSPS) is 9.90. The Hall–Kier alpha value is -2.56. The summed E-state index contributed by atoms with van der Waals surface area (Å²) in [6.07, 6.45) is 1.51. The van der Waals surface area contributed by atoms with E-state index in [1.807, 2.05) is 24.3 Å². The lowest BCUT2D eigenvalue weighted by Gasteiger charge is -2.07. The second-order valence-corrected chi connectivity index (χ2v) is 4.11. The van der Waals surface area contributed by atoms with Crippen LogP contribution >= 0.6 is 0 Å². The molecule has 20 heavy (non-hydrogen) atoms. The smallest absolute Gasteiger partial charge is 0.339 e. The molecule has 1 heterocycles. The van der Waals surface area contributed by atoms with Crippen molar-refractivity contribution in [3.05, 3.63) is 53.9 Å². The second kappa shape index (κ2) is 6.56. The van der Waals surface area contributed by atoms with Gasteiger partial charge in [0.05, 0.1) is 32.0 Å². The average molecular weight is 272 g/mol. The van der Waals surface area contributed by atoms with Gasteiger partial charge in [-0.1, -0.05) is 0 Å². The fourth-order valence-corrected chi connectivity index (χ4v) is 1.67. The molecule has 0 saturated carbocycles. The molecule has 2 rings (SSSR count). The van der Waals surface area contributed by atoms with E-state index in [1.165, 1.54) is 13.3 Å². The largest absolute Gasteiger partial charge is 0.497 e. The number of pyridine rings is 1. The highest BCUT2D eigenvalue weighted by molar-refractivity contribution is 5.88. The third-order valence-electron chi connectivity index (χ3n) is 2.81. The third-order valence-corrected chi connectivity index (χ3v) is 2.81. The number of aromatic nitrogens is 1. The molecule has 0 unspecified atom stereocenters. The molecule has 0 atom stereocenters. The maximum absolute atomic E-state index is 11.3. The number of methoxy groups -OCH3 is 2. The zero-order valence-electron chi connectivity index (χ0n) is 11.4. The summed E-state index contributed by atoms with van der Waals surface area (Å²) in [4.78, 5) is 15.5. The molecule has 0 saturated heterocycles. The number of hydrogen-bond donors (Lipinski definition) is 1. The minimum absolute atomic E-state index is 0.382. The summed E-state index contributed by atoms with van der Waals surface area (Å²) in [5.74, 6) is 0.434. The first-order chi connectivity index (χ1) is 9.72. The van der Waals surface area contributed by atoms with Gasteiger partial charge in [-0.15, -0.1) is 0 Å². The minimum Gasteiger partial charge on any atom is -0.497 e. The van der Waals surface area contributed by atoms with E-state index < -0.39 is 0 Å². The van der Waals surface area contributed by atoms with Crippen molar-refractivity contribution in [1.82, 2.24) is 4.98 Å². The second-order valence-electron chi connectivity index (χ2n) is 4.11. The van der Waals surface area contributed by atoms with E-state index in [0.717, 1.165) is 17.1 Å². The number of rotatable bonds is 5. The fourth-order valence-electron chi connectivity index (χ4n) is 1.67. The highest BCUT2D eigenvalue weighted by Crippen LogP contribution is 2.15. The van der Waals surface area contributed by atoms with Crippen LogP contribution in [0.3, 0.4) is 0 Å². The summed E-state index contributed by atoms with van der Waals surface area (Å²) in [5.41, 5.74) is 2.26. The van der Waals surface area contributed by atoms with Gasteiger partial charge in [-0.2, -0.15) is 0 Å². The van der Waals surface area contributed by atoms with Crippen molar-refractivity contribution in [3.8, 4) is 5.75 Å². The maximum atomic E-state index is 11.3. The summed E-state index contributed by atoms with van der Waals surface area (Å²) >= 11 is 0. The van der Waals surface area contributed by atoms with Gasteiger partial charge in [-0.3, -0.25) is 4.98 Å². The lowest BCUT2D eigenvalue weighted by atomic mass is 10.2. The number of nitrogens with one attached hydrogen (secondary N) is 1. The zero-order valence-corrected chi connectivity index (χ0v) is 11.4. The maximum Gasteiger partial charge on any atom is 0.339 e. The molecule has 0 fully saturated rings. The van der Waals surface area contributed by atoms with Crippen LogP contribution in [0.1, 0.15) is 16.1 Å². The Labute approximate surface area is 117 Å². The van der Waals surface area contributed by atoms with Crippen molar-refractivity contribution in [3.63, 3.8) is 0 Å². The molecule has 1 aromatic carbocycles. The Morgan fingerprint density at radius 1 is 1.15 bits per heavy atom. The Bertz CT molecular complexity index is 565. The summed E-state index contributed by atoms with van der Waals surface area (Å²) in [6.45, 7) is 0.577. The van der Waals surface area contributed by atoms with Crippen LogP contribution in [-0.2, 0) is 11.3 Å². The predicted octanol–water partition coefficient (Wildman–Crippen LogP) is 2.49. The van der Waals surface area contributed by atoms with Crippen LogP contribution in [0.2, 0.25) is 0 Å². The van der Waals surface area contributed by atoms with Crippen molar-refractivity contribution in [2.45, 2.75) is 6.54 Å². The number of hydrogen-bond acceptors (Lipinski definition) is 5. The van der Waals surface area contributed by atoms with Crippen LogP contribution in [0.4, 0.5) is 5.69 Å². The van der Waals surface area contributed by atoms with Gasteiger partial charge in [0.25, 0.3) is 0 Å². The summed E-state index contributed by atoms with van der Waals surface area (Å²) in [5, 5.41) is 3.24. The molecule has 104 valence electrons. The summed E-state index contributed by atoms with van der Waals surface area (Å²) in [7, 11) is 2.98. The molecule has 0 bridgehead atoms. The number of esters is 1. The highest BCUT2D eigenvalue weighted by atomic mass is 16.5. The topological polar surface area (TPSA) is 60.5 Å². The number of carbonyl (C=O) groups is 1. The van der Waals surface area contributed by atoms with Gasteiger partial charge in [0.2, 0.25) is 0 Å². The number of benzene rings is 1. The van der Waals surface area contributed by atoms with E-state index >= 15 is 0 Å². The first kappa shape index (κ1) is 13.9. The van der Waals surface area contributed by atoms with Crippen molar-refractivity contribution in [2.75, 3.05) is 19.5 Å². The van der Waals surface area contributed by atoms with Gasteiger partial charge >= 0.3 is 5.97 Å². The molecular weight excluding hydrogens is 256 g/mol. The number of nitrogens with zero attached hydrogens (tertiary/aromatic N) is 1. The monoisotopic (exact) mass is 272 g/mol. The van der Waals surface area contributed by atoms with Crippen LogP contribution in [0, 0.1) is 0 Å². The molecular formula is C15H16N2O3. The molecule has 0 aliphatic rings. The molecule has 5 heteroatoms. The van der Waals surface area contributed by atoms with E-state index in [4.69, 9.17) is 4.74 Å². The number of ether oxygens (including phenoxy) is 2. The van der Waals surface area contributed by atoms with Gasteiger partial charge in [-0.25, -0.2) is 4.79 Å². The number of carbonyl (C=O) groups excluding carboxylic acids is 1. The molecule has 1 aromatic heterocycles. The van der Waals surface area contributed by atoms with Crippen LogP contribution in [0.25, 0.3) is 0 Å². The van der Waals surface area contributed by atoms with E-state index in [1.54, 1.807) is 19.2 Å². The fraction of sp³-hybridized carbons (Fsp3) is 0.200. The Kier molecular flexibility index (Phi) is 4.55. The van der Waals surface area contributed by atoms with Gasteiger partial charge in [0.15, 0.2) is 0 Å². The molecule has 0 spiro atoms. The Morgan fingerprint density at radius 3 is 2.45 bits per heavy atom. The molecule has 0 radical (unpaired) electrons. The Morgan fingerprint density at radius 2 is 1.90 bits per heavy atom. The number of anilines is 1. The zero-order chi connectivity index (χ0) is 14.4. The molecule has 0 aliphatic heterocycles. The van der Waals surface area contributed by atoms with Gasteiger partial charge in [0.1, 0.15) is 5.75 Å². The lowest BCUT2D eigenvalue weighted by Crippen LogP contribution is -2.05. The molecule has 0 aliphatic carbocycles. The van der Waals surface area contributed by atoms with E-state index in [0.29, 0.717) is 12.1 Å². The van der Waals surface area contributed by atoms with Crippen molar-refractivity contribution >= 4 is 11.7 Å². The van der Waals surface area contributed by atoms with E-state index in [9.17, 15) is 4.79 Å². The average Bonchev–Trinajstić information content (AvgIpc) is 2.53. The summed E-state index contributed by atoms with van der Waals surface area (Å²) < 4.78 is 9.72. The van der Waals surface area contributed by atoms with Crippen LogP contribution in [0.5, 0.6) is 5.75 Å². The predicted molar refractivity (Wildman–Crippen MR) is 75.9 cm³/mol. The quantitative estimate of drug-likeness (QED) is 0.847. The SMILES string of the molecule is COC(=O)c1ccc(CNc2ccc(OC)cc2)nc1. The van der Waals surface area contributed by atoms with E-state index in [2.05, 4.69) is 15.0 Å². The molecule has 1 N–H and O–H groups in total. The van der Waals surface area contributed by atoms with Gasteiger partial charge in [-0.05, 0) is 36.4 Å². The third kappa shape index (κ3) is 3.47. The van der Waals surface area contributed by atoms with Gasteiger partial charge in [0, 0.05) is 11.9 Å². The standard InChI is InChI=1S/C15H16N2O3/c1-19-14-7-5-12(6-8-14)17-10-13-4-3-11(9-16-13)15(18)20-2/h3-9,17H,10H2,1-2H3. The first-order valence-corrected chi connectivity index (χ1v) is 6.14. The van der Waals surface area contributed by atoms with Crippen LogP contribution in [0.15, 0.2) is 42.6 Å². The Balaban J connectivity index is 1.94. The van der Waals surface area contributed by atoms with Crippen molar-refractivity contribution < 1.29 is 14.3 Å². The van der Waals surface area contributed by atoms with Crippen LogP contribution in [-0.4, -0.2) is 25.2 Å². The van der Waals surface area contributed by atoms with Gasteiger partial charge < -0.3 is 14.8 Å². The van der Waals surface area contributed by atoms with Crippen LogP contribution < -0.4 is 10.1 Å². The molecule has 5 nitrogen and oxygen atoms in total. The van der Waals surface area contributed by atoms with E-state index in [-0.39, 0.29) is 5.97 Å². The molecule has 2 aromatic rings.